The van der Waals surface area contributed by atoms with Gasteiger partial charge in [0.15, 0.2) is 5.58 Å². The van der Waals surface area contributed by atoms with Crippen molar-refractivity contribution in [3.05, 3.63) is 69.2 Å². The van der Waals surface area contributed by atoms with Crippen LogP contribution >= 0.6 is 11.6 Å². The van der Waals surface area contributed by atoms with Gasteiger partial charge in [-0.3, -0.25) is 0 Å². The lowest BCUT2D eigenvalue weighted by molar-refractivity contribution is 0.175. The topological polar surface area (TPSA) is 58.6 Å². The van der Waals surface area contributed by atoms with E-state index in [-0.39, 0.29) is 0 Å². The van der Waals surface area contributed by atoms with Crippen LogP contribution in [0.15, 0.2) is 51.7 Å². The van der Waals surface area contributed by atoms with Gasteiger partial charge in [0.05, 0.1) is 6.10 Å². The molecule has 1 fully saturated rings. The molecule has 1 N–H and O–H groups in total. The molecule has 0 spiro atoms. The molecule has 0 radical (unpaired) electrons. The van der Waals surface area contributed by atoms with Crippen molar-refractivity contribution in [2.75, 3.05) is 18.1 Å². The molecule has 5 nitrogen and oxygen atoms in total. The SMILES string of the molecule is CCC(O)c1c(Cl)ccc2oc(=O)n(N3CCC(Cc4ccccc4)CC3)c12. The predicted molar refractivity (Wildman–Crippen MR) is 112 cm³/mol. The van der Waals surface area contributed by atoms with Crippen molar-refractivity contribution in [1.29, 1.82) is 0 Å². The van der Waals surface area contributed by atoms with Gasteiger partial charge >= 0.3 is 5.76 Å². The van der Waals surface area contributed by atoms with Crippen LogP contribution in [0.4, 0.5) is 0 Å². The van der Waals surface area contributed by atoms with Crippen molar-refractivity contribution in [2.45, 2.75) is 38.7 Å². The number of oxazole rings is 1. The van der Waals surface area contributed by atoms with Crippen LogP contribution in [-0.2, 0) is 6.42 Å². The molecule has 2 aromatic carbocycles. The minimum Gasteiger partial charge on any atom is -0.406 e. The van der Waals surface area contributed by atoms with Crippen molar-refractivity contribution in [1.82, 2.24) is 4.68 Å². The standard InChI is InChI=1S/C22H25ClN2O3/c1-2-18(26)20-17(23)8-9-19-21(20)25(22(27)28-19)24-12-10-16(11-13-24)14-15-6-4-3-5-7-15/h3-9,16,18,26H,2,10-14H2,1H3. The Morgan fingerprint density at radius 1 is 1.18 bits per heavy atom. The molecule has 1 atom stereocenters. The third-order valence-corrected chi connectivity index (χ3v) is 6.00. The second kappa shape index (κ2) is 8.02. The molecule has 0 saturated carbocycles. The van der Waals surface area contributed by atoms with Gasteiger partial charge in [-0.1, -0.05) is 48.9 Å². The highest BCUT2D eigenvalue weighted by Crippen LogP contribution is 2.33. The highest BCUT2D eigenvalue weighted by molar-refractivity contribution is 6.32. The van der Waals surface area contributed by atoms with E-state index in [9.17, 15) is 9.90 Å². The first-order chi connectivity index (χ1) is 13.6. The number of benzene rings is 2. The number of aliphatic hydroxyl groups excluding tert-OH is 1. The molecule has 1 aliphatic rings. The van der Waals surface area contributed by atoms with Crippen molar-refractivity contribution in [2.24, 2.45) is 5.92 Å². The predicted octanol–water partition coefficient (Wildman–Crippen LogP) is 4.28. The summed E-state index contributed by atoms with van der Waals surface area (Å²) in [5.74, 6) is 0.167. The molecule has 0 bridgehead atoms. The van der Waals surface area contributed by atoms with Crippen LogP contribution < -0.4 is 10.8 Å². The van der Waals surface area contributed by atoms with Crippen molar-refractivity contribution < 1.29 is 9.52 Å². The summed E-state index contributed by atoms with van der Waals surface area (Å²) in [6.07, 6.45) is 2.83. The van der Waals surface area contributed by atoms with Crippen LogP contribution in [-0.4, -0.2) is 22.9 Å². The van der Waals surface area contributed by atoms with Gasteiger partial charge in [-0.25, -0.2) is 4.79 Å². The molecular weight excluding hydrogens is 376 g/mol. The average Bonchev–Trinajstić information content (AvgIpc) is 3.05. The van der Waals surface area contributed by atoms with E-state index in [0.29, 0.717) is 34.0 Å². The highest BCUT2D eigenvalue weighted by atomic mass is 35.5. The third-order valence-electron chi connectivity index (χ3n) is 5.67. The molecule has 1 aromatic heterocycles. The molecule has 1 saturated heterocycles. The first-order valence-electron chi connectivity index (χ1n) is 9.89. The summed E-state index contributed by atoms with van der Waals surface area (Å²) in [5, 5.41) is 13.0. The first-order valence-corrected chi connectivity index (χ1v) is 10.3. The maximum Gasteiger partial charge on any atom is 0.438 e. The summed E-state index contributed by atoms with van der Waals surface area (Å²) >= 11 is 6.37. The molecule has 0 aliphatic carbocycles. The van der Waals surface area contributed by atoms with Crippen molar-refractivity contribution in [3.63, 3.8) is 0 Å². The van der Waals surface area contributed by atoms with Gasteiger partial charge in [0.25, 0.3) is 0 Å². The van der Waals surface area contributed by atoms with Crippen molar-refractivity contribution in [3.8, 4) is 0 Å². The van der Waals surface area contributed by atoms with E-state index < -0.39 is 11.9 Å². The number of rotatable bonds is 5. The largest absolute Gasteiger partial charge is 0.438 e. The van der Waals surface area contributed by atoms with Crippen molar-refractivity contribution >= 4 is 22.7 Å². The van der Waals surface area contributed by atoms with Gasteiger partial charge in [0.2, 0.25) is 0 Å². The summed E-state index contributed by atoms with van der Waals surface area (Å²) in [6, 6.07) is 13.9. The number of hydrogen-bond donors (Lipinski definition) is 1. The Morgan fingerprint density at radius 2 is 1.89 bits per heavy atom. The third kappa shape index (κ3) is 3.56. The molecule has 28 heavy (non-hydrogen) atoms. The molecule has 4 rings (SSSR count). The Kier molecular flexibility index (Phi) is 5.47. The lowest BCUT2D eigenvalue weighted by Gasteiger charge is -2.34. The minimum atomic E-state index is -0.741. The Balaban J connectivity index is 1.61. The van der Waals surface area contributed by atoms with E-state index in [2.05, 4.69) is 24.3 Å². The first kappa shape index (κ1) is 19.1. The fourth-order valence-corrected chi connectivity index (χ4v) is 4.42. The maximum atomic E-state index is 12.6. The Labute approximate surface area is 169 Å². The second-order valence-electron chi connectivity index (χ2n) is 7.50. The molecular formula is C22H25ClN2O3. The summed E-state index contributed by atoms with van der Waals surface area (Å²) in [5.41, 5.74) is 2.97. The van der Waals surface area contributed by atoms with Crippen LogP contribution in [0.1, 0.15) is 43.4 Å². The molecule has 6 heteroatoms. The zero-order chi connectivity index (χ0) is 19.7. The average molecular weight is 401 g/mol. The van der Waals surface area contributed by atoms with Crippen LogP contribution in [0.2, 0.25) is 5.02 Å². The van der Waals surface area contributed by atoms with Gasteiger partial charge in [0, 0.05) is 23.7 Å². The zero-order valence-electron chi connectivity index (χ0n) is 16.0. The number of aromatic nitrogens is 1. The summed E-state index contributed by atoms with van der Waals surface area (Å²) in [7, 11) is 0. The van der Waals surface area contributed by atoms with Gasteiger partial charge in [-0.2, -0.15) is 4.68 Å². The zero-order valence-corrected chi connectivity index (χ0v) is 16.7. The number of nitrogens with zero attached hydrogens (tertiary/aromatic N) is 2. The monoisotopic (exact) mass is 400 g/mol. The molecule has 3 aromatic rings. The molecule has 1 aliphatic heterocycles. The fourth-order valence-electron chi connectivity index (χ4n) is 4.14. The van der Waals surface area contributed by atoms with E-state index in [4.69, 9.17) is 16.0 Å². The molecule has 148 valence electrons. The quantitative estimate of drug-likeness (QED) is 0.694. The molecule has 2 heterocycles. The van der Waals surface area contributed by atoms with Crippen LogP contribution in [0.3, 0.4) is 0 Å². The summed E-state index contributed by atoms with van der Waals surface area (Å²) < 4.78 is 7.04. The minimum absolute atomic E-state index is 0.427. The molecule has 0 amide bonds. The highest BCUT2D eigenvalue weighted by Gasteiger charge is 2.26. The van der Waals surface area contributed by atoms with Crippen LogP contribution in [0, 0.1) is 5.92 Å². The Bertz CT molecular complexity index is 1000. The van der Waals surface area contributed by atoms with Gasteiger partial charge in [-0.15, -0.1) is 0 Å². The number of aliphatic hydroxyl groups is 1. The molecule has 1 unspecified atom stereocenters. The summed E-state index contributed by atoms with van der Waals surface area (Å²) in [4.78, 5) is 12.6. The summed E-state index contributed by atoms with van der Waals surface area (Å²) in [6.45, 7) is 3.41. The van der Waals surface area contributed by atoms with E-state index in [1.807, 2.05) is 18.0 Å². The van der Waals surface area contributed by atoms with Gasteiger partial charge in [0.1, 0.15) is 5.52 Å². The number of piperidine rings is 1. The second-order valence-corrected chi connectivity index (χ2v) is 7.91. The number of fused-ring (bicyclic) bond motifs is 1. The lowest BCUT2D eigenvalue weighted by Crippen LogP contribution is -2.46. The van der Waals surface area contributed by atoms with E-state index in [1.54, 1.807) is 16.8 Å². The van der Waals surface area contributed by atoms with Crippen LogP contribution in [0.25, 0.3) is 11.1 Å². The van der Waals surface area contributed by atoms with E-state index in [0.717, 1.165) is 32.4 Å². The van der Waals surface area contributed by atoms with E-state index >= 15 is 0 Å². The lowest BCUT2D eigenvalue weighted by atomic mass is 9.91. The number of hydrogen-bond acceptors (Lipinski definition) is 4. The van der Waals surface area contributed by atoms with Gasteiger partial charge < -0.3 is 14.5 Å². The van der Waals surface area contributed by atoms with Gasteiger partial charge in [-0.05, 0) is 49.3 Å². The van der Waals surface area contributed by atoms with Crippen LogP contribution in [0.5, 0.6) is 0 Å². The Morgan fingerprint density at radius 3 is 2.57 bits per heavy atom. The Hall–Kier alpha value is -2.24. The number of halogens is 1. The maximum absolute atomic E-state index is 12.6. The normalized spacial score (nSPS) is 16.6. The smallest absolute Gasteiger partial charge is 0.406 e. The fraction of sp³-hybridized carbons (Fsp3) is 0.409. The van der Waals surface area contributed by atoms with E-state index in [1.165, 1.54) is 5.56 Å².